The number of ether oxygens (including phenoxy) is 1. The van der Waals surface area contributed by atoms with Crippen molar-refractivity contribution < 1.29 is 13.9 Å². The number of benzene rings is 3. The zero-order valence-corrected chi connectivity index (χ0v) is 22.5. The number of carbonyl (C=O) groups is 1. The van der Waals surface area contributed by atoms with E-state index in [1.165, 1.54) is 12.1 Å². The topological polar surface area (TPSA) is 48.1 Å². The number of nitrogens with one attached hydrogen (secondary N) is 1. The number of hydrogen-bond acceptors (Lipinski definition) is 5. The quantitative estimate of drug-likeness (QED) is 0.398. The first-order valence-electron chi connectivity index (χ1n) is 12.2. The van der Waals surface area contributed by atoms with E-state index in [9.17, 15) is 9.18 Å². The molecule has 1 atom stereocenters. The SMILES string of the molecule is CN(C)c1ccc(C(CNC(=O)COc2ccc(Cl)cc2Cl)N2CCN(c3ccc(F)cc3)CC2)cc1. The van der Waals surface area contributed by atoms with Gasteiger partial charge in [-0.25, -0.2) is 4.39 Å². The molecular weight excluding hydrogens is 514 g/mol. The molecule has 0 aliphatic carbocycles. The summed E-state index contributed by atoms with van der Waals surface area (Å²) in [6.45, 7) is 3.53. The van der Waals surface area contributed by atoms with Gasteiger partial charge < -0.3 is 19.9 Å². The van der Waals surface area contributed by atoms with Crippen LogP contribution in [0.1, 0.15) is 11.6 Å². The predicted octanol–water partition coefficient (Wildman–Crippen LogP) is 5.26. The minimum atomic E-state index is -0.235. The van der Waals surface area contributed by atoms with Crippen molar-refractivity contribution >= 4 is 40.5 Å². The van der Waals surface area contributed by atoms with Gasteiger partial charge in [-0.1, -0.05) is 35.3 Å². The molecule has 1 amide bonds. The first-order valence-corrected chi connectivity index (χ1v) is 12.9. The third kappa shape index (κ3) is 7.28. The highest BCUT2D eigenvalue weighted by atomic mass is 35.5. The fraction of sp³-hybridized carbons (Fsp3) is 0.321. The number of halogens is 3. The van der Waals surface area contributed by atoms with E-state index in [-0.39, 0.29) is 24.4 Å². The molecule has 9 heteroatoms. The molecule has 1 aliphatic heterocycles. The molecule has 4 rings (SSSR count). The van der Waals surface area contributed by atoms with Gasteiger partial charge in [0.2, 0.25) is 0 Å². The molecule has 1 saturated heterocycles. The lowest BCUT2D eigenvalue weighted by molar-refractivity contribution is -0.123. The molecule has 1 fully saturated rings. The van der Waals surface area contributed by atoms with Crippen molar-refractivity contribution in [3.05, 3.63) is 88.2 Å². The van der Waals surface area contributed by atoms with E-state index in [1.54, 1.807) is 18.2 Å². The summed E-state index contributed by atoms with van der Waals surface area (Å²) < 4.78 is 18.9. The van der Waals surface area contributed by atoms with Crippen LogP contribution >= 0.6 is 23.2 Å². The summed E-state index contributed by atoms with van der Waals surface area (Å²) in [5.74, 6) is -0.0542. The van der Waals surface area contributed by atoms with E-state index in [1.807, 2.05) is 26.2 Å². The fourth-order valence-electron chi connectivity index (χ4n) is 4.39. The molecule has 0 radical (unpaired) electrons. The number of amides is 1. The van der Waals surface area contributed by atoms with Gasteiger partial charge in [-0.05, 0) is 60.2 Å². The summed E-state index contributed by atoms with van der Waals surface area (Å²) in [6, 6.07) is 19.9. The Kier molecular flexibility index (Phi) is 9.14. The number of piperazine rings is 1. The van der Waals surface area contributed by atoms with Crippen molar-refractivity contribution in [2.24, 2.45) is 0 Å². The molecule has 3 aromatic carbocycles. The lowest BCUT2D eigenvalue weighted by Crippen LogP contribution is -2.50. The van der Waals surface area contributed by atoms with Crippen LogP contribution in [0, 0.1) is 5.82 Å². The van der Waals surface area contributed by atoms with Crippen LogP contribution in [-0.4, -0.2) is 64.2 Å². The maximum atomic E-state index is 13.3. The highest BCUT2D eigenvalue weighted by molar-refractivity contribution is 6.35. The molecule has 6 nitrogen and oxygen atoms in total. The third-order valence-electron chi connectivity index (χ3n) is 6.49. The van der Waals surface area contributed by atoms with E-state index in [4.69, 9.17) is 27.9 Å². The second kappa shape index (κ2) is 12.5. The van der Waals surface area contributed by atoms with Gasteiger partial charge in [0, 0.05) is 63.2 Å². The zero-order chi connectivity index (χ0) is 26.4. The van der Waals surface area contributed by atoms with Gasteiger partial charge >= 0.3 is 0 Å². The van der Waals surface area contributed by atoms with Crippen molar-refractivity contribution in [1.29, 1.82) is 0 Å². The lowest BCUT2D eigenvalue weighted by Gasteiger charge is -2.40. The van der Waals surface area contributed by atoms with Crippen molar-refractivity contribution in [3.8, 4) is 5.75 Å². The van der Waals surface area contributed by atoms with Crippen LogP contribution in [0.15, 0.2) is 66.7 Å². The smallest absolute Gasteiger partial charge is 0.258 e. The van der Waals surface area contributed by atoms with Crippen LogP contribution in [-0.2, 0) is 4.79 Å². The maximum absolute atomic E-state index is 13.3. The van der Waals surface area contributed by atoms with Gasteiger partial charge in [0.05, 0.1) is 11.1 Å². The minimum Gasteiger partial charge on any atom is -0.482 e. The van der Waals surface area contributed by atoms with Gasteiger partial charge in [0.15, 0.2) is 6.61 Å². The number of nitrogens with zero attached hydrogens (tertiary/aromatic N) is 3. The Balaban J connectivity index is 1.40. The van der Waals surface area contributed by atoms with E-state index < -0.39 is 0 Å². The molecular formula is C28H31Cl2FN4O2. The molecule has 0 bridgehead atoms. The van der Waals surface area contributed by atoms with Crippen molar-refractivity contribution in [2.45, 2.75) is 6.04 Å². The van der Waals surface area contributed by atoms with Crippen LogP contribution in [0.25, 0.3) is 0 Å². The Bertz CT molecular complexity index is 1180. The second-order valence-corrected chi connectivity index (χ2v) is 10.0. The van der Waals surface area contributed by atoms with E-state index >= 15 is 0 Å². The Morgan fingerprint density at radius 2 is 1.68 bits per heavy atom. The summed E-state index contributed by atoms with van der Waals surface area (Å²) >= 11 is 12.1. The first kappa shape index (κ1) is 27.0. The van der Waals surface area contributed by atoms with Crippen molar-refractivity contribution in [2.75, 3.05) is 63.2 Å². The molecule has 0 spiro atoms. The molecule has 3 aromatic rings. The van der Waals surface area contributed by atoms with Crippen LogP contribution in [0.3, 0.4) is 0 Å². The van der Waals surface area contributed by atoms with Crippen LogP contribution in [0.5, 0.6) is 5.75 Å². The highest BCUT2D eigenvalue weighted by Gasteiger charge is 2.26. The summed E-state index contributed by atoms with van der Waals surface area (Å²) in [5, 5.41) is 3.89. The molecule has 1 heterocycles. The van der Waals surface area contributed by atoms with Crippen LogP contribution < -0.4 is 19.9 Å². The molecule has 1 unspecified atom stereocenters. The maximum Gasteiger partial charge on any atom is 0.258 e. The van der Waals surface area contributed by atoms with Gasteiger partial charge in [0.1, 0.15) is 11.6 Å². The van der Waals surface area contributed by atoms with Gasteiger partial charge in [-0.15, -0.1) is 0 Å². The molecule has 1 aliphatic rings. The van der Waals surface area contributed by atoms with Crippen molar-refractivity contribution in [1.82, 2.24) is 10.2 Å². The van der Waals surface area contributed by atoms with Crippen molar-refractivity contribution in [3.63, 3.8) is 0 Å². The van der Waals surface area contributed by atoms with Gasteiger partial charge in [0.25, 0.3) is 5.91 Å². The third-order valence-corrected chi connectivity index (χ3v) is 7.02. The monoisotopic (exact) mass is 544 g/mol. The number of anilines is 2. The van der Waals surface area contributed by atoms with Gasteiger partial charge in [-0.3, -0.25) is 9.69 Å². The van der Waals surface area contributed by atoms with Gasteiger partial charge in [-0.2, -0.15) is 0 Å². The second-order valence-electron chi connectivity index (χ2n) is 9.17. The summed E-state index contributed by atoms with van der Waals surface area (Å²) in [5.41, 5.74) is 3.25. The predicted molar refractivity (Wildman–Crippen MR) is 149 cm³/mol. The molecule has 196 valence electrons. The van der Waals surface area contributed by atoms with E-state index in [0.717, 1.165) is 43.1 Å². The summed E-state index contributed by atoms with van der Waals surface area (Å²) in [7, 11) is 4.02. The molecule has 37 heavy (non-hydrogen) atoms. The molecule has 1 N–H and O–H groups in total. The first-order chi connectivity index (χ1) is 17.8. The average Bonchev–Trinajstić information content (AvgIpc) is 2.89. The number of rotatable bonds is 9. The van der Waals surface area contributed by atoms with Crippen LogP contribution in [0.2, 0.25) is 10.0 Å². The van der Waals surface area contributed by atoms with Crippen LogP contribution in [0.4, 0.5) is 15.8 Å². The number of carbonyl (C=O) groups excluding carboxylic acids is 1. The Morgan fingerprint density at radius 1 is 1.00 bits per heavy atom. The lowest BCUT2D eigenvalue weighted by atomic mass is 10.0. The Labute approximate surface area is 227 Å². The average molecular weight is 545 g/mol. The standard InChI is InChI=1S/C28H31Cl2FN4O2/c1-33(2)23-8-3-20(4-9-23)26(18-32-28(36)19-37-27-12-5-21(29)17-25(27)30)35-15-13-34(14-16-35)24-10-6-22(31)7-11-24/h3-12,17,26H,13-16,18-19H2,1-2H3,(H,32,36). The Hall–Kier alpha value is -3.00. The van der Waals surface area contributed by atoms with E-state index in [2.05, 4.69) is 44.3 Å². The Morgan fingerprint density at radius 3 is 2.30 bits per heavy atom. The zero-order valence-electron chi connectivity index (χ0n) is 21.0. The largest absolute Gasteiger partial charge is 0.482 e. The fourth-order valence-corrected chi connectivity index (χ4v) is 4.86. The van der Waals surface area contributed by atoms with E-state index in [0.29, 0.717) is 22.3 Å². The minimum absolute atomic E-state index is 0.00495. The normalized spacial score (nSPS) is 14.8. The molecule has 0 saturated carbocycles. The number of hydrogen-bond donors (Lipinski definition) is 1. The summed E-state index contributed by atoms with van der Waals surface area (Å²) in [4.78, 5) is 19.3. The summed E-state index contributed by atoms with van der Waals surface area (Å²) in [6.07, 6.45) is 0. The highest BCUT2D eigenvalue weighted by Crippen LogP contribution is 2.28. The molecule has 0 aromatic heterocycles.